The Morgan fingerprint density at radius 1 is 1.14 bits per heavy atom. The van der Waals surface area contributed by atoms with Gasteiger partial charge >= 0.3 is 0 Å². The molecule has 1 saturated heterocycles. The third kappa shape index (κ3) is 3.21. The van der Waals surface area contributed by atoms with Gasteiger partial charge in [0.05, 0.1) is 6.04 Å². The van der Waals surface area contributed by atoms with E-state index in [1.807, 2.05) is 53.6 Å². The molecule has 0 spiro atoms. The number of pyridine rings is 1. The highest BCUT2D eigenvalue weighted by molar-refractivity contribution is 5.49. The van der Waals surface area contributed by atoms with Crippen LogP contribution in [0.25, 0.3) is 0 Å². The molecule has 1 aromatic carbocycles. The summed E-state index contributed by atoms with van der Waals surface area (Å²) < 4.78 is 5.68. The standard InChI is InChI=1S/C17H18N2O2/c20-13-19-11-5-4-8-16(19)14-9-10-17(18-12-14)21-15-6-2-1-3-7-15/h1-3,6-7,9-10,12-13,16H,4-5,8,11H2. The van der Waals surface area contributed by atoms with Crippen LogP contribution >= 0.6 is 0 Å². The largest absolute Gasteiger partial charge is 0.439 e. The number of carbonyl (C=O) groups is 1. The average Bonchev–Trinajstić information content (AvgIpc) is 2.56. The molecule has 4 heteroatoms. The van der Waals surface area contributed by atoms with Crippen molar-refractivity contribution in [2.24, 2.45) is 0 Å². The molecule has 0 saturated carbocycles. The van der Waals surface area contributed by atoms with E-state index in [4.69, 9.17) is 4.74 Å². The zero-order valence-electron chi connectivity index (χ0n) is 11.8. The van der Waals surface area contributed by atoms with Gasteiger partial charge in [-0.25, -0.2) is 4.98 Å². The van der Waals surface area contributed by atoms with E-state index in [0.717, 1.165) is 43.5 Å². The third-order valence-electron chi connectivity index (χ3n) is 3.79. The highest BCUT2D eigenvalue weighted by Crippen LogP contribution is 2.30. The molecule has 1 amide bonds. The summed E-state index contributed by atoms with van der Waals surface area (Å²) in [5.74, 6) is 1.34. The Morgan fingerprint density at radius 3 is 2.71 bits per heavy atom. The lowest BCUT2D eigenvalue weighted by molar-refractivity contribution is -0.121. The summed E-state index contributed by atoms with van der Waals surface area (Å²) in [6, 6.07) is 13.6. The van der Waals surface area contributed by atoms with Crippen molar-refractivity contribution in [3.63, 3.8) is 0 Å². The van der Waals surface area contributed by atoms with Gasteiger partial charge in [-0.3, -0.25) is 4.79 Å². The normalized spacial score (nSPS) is 18.3. The first-order chi connectivity index (χ1) is 10.4. The van der Waals surface area contributed by atoms with Crippen molar-refractivity contribution in [1.82, 2.24) is 9.88 Å². The molecule has 0 bridgehead atoms. The van der Waals surface area contributed by atoms with Crippen molar-refractivity contribution >= 4 is 6.41 Å². The van der Waals surface area contributed by atoms with Crippen molar-refractivity contribution < 1.29 is 9.53 Å². The number of amides is 1. The van der Waals surface area contributed by atoms with Gasteiger partial charge < -0.3 is 9.64 Å². The van der Waals surface area contributed by atoms with Crippen LogP contribution in [0.4, 0.5) is 0 Å². The van der Waals surface area contributed by atoms with E-state index in [-0.39, 0.29) is 6.04 Å². The highest BCUT2D eigenvalue weighted by Gasteiger charge is 2.22. The molecule has 2 aromatic rings. The van der Waals surface area contributed by atoms with Gasteiger partial charge in [0.25, 0.3) is 0 Å². The van der Waals surface area contributed by atoms with Crippen LogP contribution in [0.5, 0.6) is 11.6 Å². The fraction of sp³-hybridized carbons (Fsp3) is 0.294. The lowest BCUT2D eigenvalue weighted by atomic mass is 9.97. The molecule has 1 aliphatic rings. The van der Waals surface area contributed by atoms with Crippen molar-refractivity contribution in [2.45, 2.75) is 25.3 Å². The first-order valence-electron chi connectivity index (χ1n) is 7.27. The van der Waals surface area contributed by atoms with Crippen molar-refractivity contribution in [3.05, 3.63) is 54.2 Å². The number of aromatic nitrogens is 1. The second-order valence-electron chi connectivity index (χ2n) is 5.20. The number of rotatable bonds is 4. The number of piperidine rings is 1. The maximum Gasteiger partial charge on any atom is 0.219 e. The Balaban J connectivity index is 1.73. The topological polar surface area (TPSA) is 42.4 Å². The van der Waals surface area contributed by atoms with Crippen molar-refractivity contribution in [2.75, 3.05) is 6.54 Å². The minimum absolute atomic E-state index is 0.148. The summed E-state index contributed by atoms with van der Waals surface area (Å²) >= 11 is 0. The van der Waals surface area contributed by atoms with Gasteiger partial charge in [-0.2, -0.15) is 0 Å². The molecule has 1 aliphatic heterocycles. The number of hydrogen-bond donors (Lipinski definition) is 0. The summed E-state index contributed by atoms with van der Waals surface area (Å²) in [5, 5.41) is 0. The average molecular weight is 282 g/mol. The first-order valence-corrected chi connectivity index (χ1v) is 7.27. The molecule has 21 heavy (non-hydrogen) atoms. The highest BCUT2D eigenvalue weighted by atomic mass is 16.5. The Morgan fingerprint density at radius 2 is 2.00 bits per heavy atom. The lowest BCUT2D eigenvalue weighted by Gasteiger charge is -2.32. The summed E-state index contributed by atoms with van der Waals surface area (Å²) in [5.41, 5.74) is 1.07. The molecule has 0 N–H and O–H groups in total. The van der Waals surface area contributed by atoms with Crippen molar-refractivity contribution in [3.8, 4) is 11.6 Å². The molecule has 0 aliphatic carbocycles. The minimum Gasteiger partial charge on any atom is -0.439 e. The number of carbonyl (C=O) groups excluding carboxylic acids is 1. The molecule has 108 valence electrons. The summed E-state index contributed by atoms with van der Waals surface area (Å²) in [6.45, 7) is 0.830. The Bertz CT molecular complexity index is 583. The molecule has 3 rings (SSSR count). The Hall–Kier alpha value is -2.36. The van der Waals surface area contributed by atoms with Crippen LogP contribution in [-0.4, -0.2) is 22.8 Å². The lowest BCUT2D eigenvalue weighted by Crippen LogP contribution is -2.32. The van der Waals surface area contributed by atoms with E-state index in [1.54, 1.807) is 0 Å². The van der Waals surface area contributed by atoms with Gasteiger partial charge in [-0.15, -0.1) is 0 Å². The summed E-state index contributed by atoms with van der Waals surface area (Å²) in [4.78, 5) is 17.3. The molecule has 1 unspecified atom stereocenters. The van der Waals surface area contributed by atoms with Crippen LogP contribution in [0.2, 0.25) is 0 Å². The monoisotopic (exact) mass is 282 g/mol. The van der Waals surface area contributed by atoms with Crippen LogP contribution in [0.15, 0.2) is 48.7 Å². The first kappa shape index (κ1) is 13.6. The van der Waals surface area contributed by atoms with Crippen LogP contribution in [0.1, 0.15) is 30.9 Å². The fourth-order valence-electron chi connectivity index (χ4n) is 2.70. The maximum absolute atomic E-state index is 11.1. The molecule has 1 fully saturated rings. The Labute approximate surface area is 124 Å². The SMILES string of the molecule is O=CN1CCCCC1c1ccc(Oc2ccccc2)nc1. The quantitative estimate of drug-likeness (QED) is 0.805. The molecule has 1 atom stereocenters. The number of benzene rings is 1. The molecule has 1 aromatic heterocycles. The summed E-state index contributed by atoms with van der Waals surface area (Å²) in [7, 11) is 0. The van der Waals surface area contributed by atoms with E-state index in [9.17, 15) is 4.79 Å². The van der Waals surface area contributed by atoms with E-state index in [0.29, 0.717) is 5.88 Å². The molecule has 0 radical (unpaired) electrons. The van der Waals surface area contributed by atoms with Crippen molar-refractivity contribution in [1.29, 1.82) is 0 Å². The summed E-state index contributed by atoms with van der Waals surface area (Å²) in [6.07, 6.45) is 5.98. The zero-order chi connectivity index (χ0) is 14.5. The van der Waals surface area contributed by atoms with Gasteiger partial charge in [-0.1, -0.05) is 24.3 Å². The van der Waals surface area contributed by atoms with E-state index >= 15 is 0 Å². The maximum atomic E-state index is 11.1. The van der Waals surface area contributed by atoms with Gasteiger partial charge in [0.15, 0.2) is 0 Å². The van der Waals surface area contributed by atoms with Gasteiger partial charge in [0, 0.05) is 18.8 Å². The van der Waals surface area contributed by atoms with Crippen LogP contribution in [-0.2, 0) is 4.79 Å². The predicted octanol–water partition coefficient (Wildman–Crippen LogP) is 3.56. The van der Waals surface area contributed by atoms with Crippen LogP contribution in [0, 0.1) is 0 Å². The van der Waals surface area contributed by atoms with Crippen LogP contribution in [0.3, 0.4) is 0 Å². The van der Waals surface area contributed by atoms with Gasteiger partial charge in [0.1, 0.15) is 5.75 Å². The van der Waals surface area contributed by atoms with E-state index in [2.05, 4.69) is 4.98 Å². The molecule has 4 nitrogen and oxygen atoms in total. The Kier molecular flexibility index (Phi) is 4.15. The fourth-order valence-corrected chi connectivity index (χ4v) is 2.70. The molecular formula is C17H18N2O2. The van der Waals surface area contributed by atoms with Gasteiger partial charge in [0.2, 0.25) is 12.3 Å². The smallest absolute Gasteiger partial charge is 0.219 e. The number of ether oxygens (including phenoxy) is 1. The minimum atomic E-state index is 0.148. The van der Waals surface area contributed by atoms with Crippen LogP contribution < -0.4 is 4.74 Å². The predicted molar refractivity (Wildman–Crippen MR) is 80.1 cm³/mol. The number of nitrogens with zero attached hydrogens (tertiary/aromatic N) is 2. The van der Waals surface area contributed by atoms with Gasteiger partial charge in [-0.05, 0) is 37.0 Å². The number of para-hydroxylation sites is 1. The van der Waals surface area contributed by atoms with E-state index in [1.165, 1.54) is 0 Å². The van der Waals surface area contributed by atoms with E-state index < -0.39 is 0 Å². The third-order valence-corrected chi connectivity index (χ3v) is 3.79. The number of hydrogen-bond acceptors (Lipinski definition) is 3. The number of likely N-dealkylation sites (tertiary alicyclic amines) is 1. The second kappa shape index (κ2) is 6.39. The zero-order valence-corrected chi connectivity index (χ0v) is 11.8. The molecule has 2 heterocycles. The molecular weight excluding hydrogens is 264 g/mol. The second-order valence-corrected chi connectivity index (χ2v) is 5.20.